The Hall–Kier alpha value is -1.74. The number of hydrogen-bond donors (Lipinski definition) is 1. The van der Waals surface area contributed by atoms with E-state index in [1.807, 2.05) is 46.2 Å². The van der Waals surface area contributed by atoms with E-state index in [0.29, 0.717) is 31.2 Å². The number of benzene rings is 1. The van der Waals surface area contributed by atoms with Gasteiger partial charge in [0.1, 0.15) is 5.76 Å². The van der Waals surface area contributed by atoms with E-state index in [2.05, 4.69) is 10.3 Å². The van der Waals surface area contributed by atoms with Gasteiger partial charge in [-0.3, -0.25) is 9.79 Å². The first-order valence-electron chi connectivity index (χ1n) is 8.66. The van der Waals surface area contributed by atoms with E-state index in [-0.39, 0.29) is 29.9 Å². The second-order valence-electron chi connectivity index (χ2n) is 6.17. The van der Waals surface area contributed by atoms with Crippen LogP contribution in [0.2, 0.25) is 5.02 Å². The molecule has 1 aliphatic rings. The number of guanidine groups is 1. The first-order chi connectivity index (χ1) is 12.7. The van der Waals surface area contributed by atoms with Crippen molar-refractivity contribution >= 4 is 47.4 Å². The second kappa shape index (κ2) is 10.6. The molecule has 0 aliphatic carbocycles. The molecule has 1 aromatic heterocycles. The fourth-order valence-corrected chi connectivity index (χ4v) is 3.08. The molecule has 1 aromatic carbocycles. The fourth-order valence-electron chi connectivity index (χ4n) is 2.95. The van der Waals surface area contributed by atoms with Gasteiger partial charge in [0, 0.05) is 44.7 Å². The lowest BCUT2D eigenvalue weighted by Crippen LogP contribution is -2.55. The van der Waals surface area contributed by atoms with Gasteiger partial charge in [0.25, 0.3) is 0 Å². The molecule has 2 heterocycles. The Morgan fingerprint density at radius 2 is 2.04 bits per heavy atom. The van der Waals surface area contributed by atoms with Crippen LogP contribution in [0.1, 0.15) is 11.3 Å². The summed E-state index contributed by atoms with van der Waals surface area (Å²) >= 11 is 5.91. The normalized spacial score (nSPS) is 14.9. The molecule has 0 saturated carbocycles. The SMILES string of the molecule is CN=C(NCCc1ccco1)N1CCN(Cc2ccc(Cl)cc2)C(=O)C1.I. The number of carbonyl (C=O) groups excluding carboxylic acids is 1. The highest BCUT2D eigenvalue weighted by atomic mass is 127. The van der Waals surface area contributed by atoms with Crippen molar-refractivity contribution in [3.05, 3.63) is 59.0 Å². The van der Waals surface area contributed by atoms with Crippen LogP contribution in [0.15, 0.2) is 52.1 Å². The first-order valence-corrected chi connectivity index (χ1v) is 9.03. The van der Waals surface area contributed by atoms with Crippen molar-refractivity contribution in [3.8, 4) is 0 Å². The monoisotopic (exact) mass is 502 g/mol. The predicted octanol–water partition coefficient (Wildman–Crippen LogP) is 3.01. The zero-order chi connectivity index (χ0) is 18.4. The van der Waals surface area contributed by atoms with Crippen LogP contribution in [-0.2, 0) is 17.8 Å². The van der Waals surface area contributed by atoms with Gasteiger partial charge in [-0.15, -0.1) is 24.0 Å². The third-order valence-corrected chi connectivity index (χ3v) is 4.60. The van der Waals surface area contributed by atoms with Crippen LogP contribution in [-0.4, -0.2) is 54.9 Å². The average molecular weight is 503 g/mol. The van der Waals surface area contributed by atoms with Crippen LogP contribution in [0.5, 0.6) is 0 Å². The zero-order valence-corrected chi connectivity index (χ0v) is 18.3. The van der Waals surface area contributed by atoms with Gasteiger partial charge in [0.15, 0.2) is 5.96 Å². The molecule has 8 heteroatoms. The minimum Gasteiger partial charge on any atom is -0.469 e. The molecular formula is C19H24ClIN4O2. The second-order valence-corrected chi connectivity index (χ2v) is 6.60. The lowest BCUT2D eigenvalue weighted by molar-refractivity contribution is -0.135. The van der Waals surface area contributed by atoms with E-state index in [1.165, 1.54) is 0 Å². The number of aliphatic imine (C=N–C) groups is 1. The molecule has 3 rings (SSSR count). The molecule has 27 heavy (non-hydrogen) atoms. The minimum absolute atomic E-state index is 0. The fraction of sp³-hybridized carbons (Fsp3) is 0.368. The van der Waals surface area contributed by atoms with Crippen molar-refractivity contribution in [1.29, 1.82) is 0 Å². The average Bonchev–Trinajstić information content (AvgIpc) is 3.16. The van der Waals surface area contributed by atoms with Crippen molar-refractivity contribution in [2.75, 3.05) is 33.2 Å². The van der Waals surface area contributed by atoms with Gasteiger partial charge in [0.2, 0.25) is 5.91 Å². The van der Waals surface area contributed by atoms with Crippen LogP contribution in [0.3, 0.4) is 0 Å². The summed E-state index contributed by atoms with van der Waals surface area (Å²) < 4.78 is 5.33. The summed E-state index contributed by atoms with van der Waals surface area (Å²) in [4.78, 5) is 20.7. The van der Waals surface area contributed by atoms with Crippen LogP contribution < -0.4 is 5.32 Å². The number of nitrogens with one attached hydrogen (secondary N) is 1. The summed E-state index contributed by atoms with van der Waals surface area (Å²) in [6.07, 6.45) is 2.44. The van der Waals surface area contributed by atoms with Crippen molar-refractivity contribution < 1.29 is 9.21 Å². The van der Waals surface area contributed by atoms with Gasteiger partial charge in [-0.1, -0.05) is 23.7 Å². The molecule has 1 fully saturated rings. The molecule has 0 radical (unpaired) electrons. The Morgan fingerprint density at radius 1 is 1.26 bits per heavy atom. The molecule has 146 valence electrons. The quantitative estimate of drug-likeness (QED) is 0.388. The number of furan rings is 1. The highest BCUT2D eigenvalue weighted by molar-refractivity contribution is 14.0. The van der Waals surface area contributed by atoms with Gasteiger partial charge >= 0.3 is 0 Å². The Balaban J connectivity index is 0.00000261. The highest BCUT2D eigenvalue weighted by Gasteiger charge is 2.25. The number of nitrogens with zero attached hydrogens (tertiary/aromatic N) is 3. The lowest BCUT2D eigenvalue weighted by atomic mass is 10.2. The third kappa shape index (κ3) is 6.14. The van der Waals surface area contributed by atoms with E-state index in [0.717, 1.165) is 30.2 Å². The molecule has 0 spiro atoms. The number of amides is 1. The van der Waals surface area contributed by atoms with E-state index >= 15 is 0 Å². The van der Waals surface area contributed by atoms with E-state index < -0.39 is 0 Å². The largest absolute Gasteiger partial charge is 0.469 e. The van der Waals surface area contributed by atoms with Gasteiger partial charge in [-0.2, -0.15) is 0 Å². The van der Waals surface area contributed by atoms with Crippen molar-refractivity contribution in [1.82, 2.24) is 15.1 Å². The van der Waals surface area contributed by atoms with E-state index in [4.69, 9.17) is 16.0 Å². The van der Waals surface area contributed by atoms with E-state index in [1.54, 1.807) is 13.3 Å². The molecule has 0 atom stereocenters. The van der Waals surface area contributed by atoms with Gasteiger partial charge in [-0.25, -0.2) is 0 Å². The summed E-state index contributed by atoms with van der Waals surface area (Å²) in [5, 5.41) is 4.00. The maximum Gasteiger partial charge on any atom is 0.242 e. The molecule has 1 amide bonds. The van der Waals surface area contributed by atoms with Gasteiger partial charge in [-0.05, 0) is 29.8 Å². The van der Waals surface area contributed by atoms with Crippen LogP contribution >= 0.6 is 35.6 Å². The molecular weight excluding hydrogens is 479 g/mol. The standard InChI is InChI=1S/C19H23ClN4O2.HI/c1-21-19(22-9-8-17-3-2-12-26-17)24-11-10-23(18(25)14-24)13-15-4-6-16(20)7-5-15;/h2-7,12H,8-11,13-14H2,1H3,(H,21,22);1H. The van der Waals surface area contributed by atoms with Crippen LogP contribution in [0.4, 0.5) is 0 Å². The maximum atomic E-state index is 12.5. The number of carbonyl (C=O) groups is 1. The highest BCUT2D eigenvalue weighted by Crippen LogP contribution is 2.13. The predicted molar refractivity (Wildman–Crippen MR) is 118 cm³/mol. The third-order valence-electron chi connectivity index (χ3n) is 4.35. The molecule has 1 N–H and O–H groups in total. The Morgan fingerprint density at radius 3 is 2.67 bits per heavy atom. The minimum atomic E-state index is 0. The molecule has 2 aromatic rings. The van der Waals surface area contributed by atoms with E-state index in [9.17, 15) is 4.79 Å². The molecule has 6 nitrogen and oxygen atoms in total. The maximum absolute atomic E-state index is 12.5. The summed E-state index contributed by atoms with van der Waals surface area (Å²) in [5.74, 6) is 1.77. The Kier molecular flexibility index (Phi) is 8.43. The summed E-state index contributed by atoms with van der Waals surface area (Å²) in [6, 6.07) is 11.4. The van der Waals surface area contributed by atoms with Crippen molar-refractivity contribution in [3.63, 3.8) is 0 Å². The topological polar surface area (TPSA) is 61.1 Å². The summed E-state index contributed by atoms with van der Waals surface area (Å²) in [7, 11) is 1.74. The van der Waals surface area contributed by atoms with Crippen molar-refractivity contribution in [2.24, 2.45) is 4.99 Å². The van der Waals surface area contributed by atoms with Crippen molar-refractivity contribution in [2.45, 2.75) is 13.0 Å². The Labute approximate surface area is 181 Å². The summed E-state index contributed by atoms with van der Waals surface area (Å²) in [5.41, 5.74) is 1.08. The zero-order valence-electron chi connectivity index (χ0n) is 15.2. The molecule has 1 aliphatic heterocycles. The molecule has 0 bridgehead atoms. The lowest BCUT2D eigenvalue weighted by Gasteiger charge is -2.36. The number of rotatable bonds is 5. The summed E-state index contributed by atoms with van der Waals surface area (Å²) in [6.45, 7) is 3.06. The van der Waals surface area contributed by atoms with Gasteiger partial charge in [0.05, 0.1) is 12.8 Å². The van der Waals surface area contributed by atoms with Gasteiger partial charge < -0.3 is 19.5 Å². The number of hydrogen-bond acceptors (Lipinski definition) is 3. The number of halogens is 2. The smallest absolute Gasteiger partial charge is 0.242 e. The molecule has 1 saturated heterocycles. The van der Waals surface area contributed by atoms with Crippen LogP contribution in [0.25, 0.3) is 0 Å². The first kappa shape index (κ1) is 21.6. The molecule has 0 unspecified atom stereocenters. The Bertz CT molecular complexity index is 750. The number of piperazine rings is 1. The van der Waals surface area contributed by atoms with Crippen LogP contribution in [0, 0.1) is 0 Å².